The van der Waals surface area contributed by atoms with E-state index < -0.39 is 5.41 Å². The van der Waals surface area contributed by atoms with Crippen LogP contribution in [0, 0.1) is 11.3 Å². The molecule has 2 aromatic rings. The lowest BCUT2D eigenvalue weighted by molar-refractivity contribution is -0.161. The van der Waals surface area contributed by atoms with Gasteiger partial charge in [-0.15, -0.1) is 0 Å². The molecule has 1 saturated carbocycles. The fourth-order valence-corrected chi connectivity index (χ4v) is 6.69. The molecule has 2 aromatic carbocycles. The Morgan fingerprint density at radius 2 is 1.89 bits per heavy atom. The minimum Gasteiger partial charge on any atom is -0.469 e. The number of nitrogens with one attached hydrogen (secondary N) is 1. The van der Waals surface area contributed by atoms with E-state index in [2.05, 4.69) is 67.7 Å². The van der Waals surface area contributed by atoms with Crippen LogP contribution in [0.2, 0.25) is 0 Å². The van der Waals surface area contributed by atoms with Gasteiger partial charge >= 0.3 is 5.97 Å². The Morgan fingerprint density at radius 1 is 1.14 bits per heavy atom. The van der Waals surface area contributed by atoms with Crippen LogP contribution in [0.25, 0.3) is 0 Å². The SMILES string of the molecule is COC(=O)C12CNCC1C1(c3ccc(C(C)C)cc3)CCC2c2ccccc21. The molecule has 6 rings (SSSR count). The number of esters is 1. The van der Waals surface area contributed by atoms with Gasteiger partial charge in [0.15, 0.2) is 0 Å². The van der Waals surface area contributed by atoms with Gasteiger partial charge in [-0.1, -0.05) is 62.4 Å². The largest absolute Gasteiger partial charge is 0.469 e. The van der Waals surface area contributed by atoms with E-state index in [0.717, 1.165) is 25.9 Å². The molecule has 1 N–H and O–H groups in total. The van der Waals surface area contributed by atoms with E-state index in [1.54, 1.807) is 7.11 Å². The van der Waals surface area contributed by atoms with Crippen LogP contribution in [0.5, 0.6) is 0 Å². The summed E-state index contributed by atoms with van der Waals surface area (Å²) in [4.78, 5) is 13.2. The predicted octanol–water partition coefficient (Wildman–Crippen LogP) is 4.37. The number of benzene rings is 2. The third-order valence-electron chi connectivity index (χ3n) is 7.91. The molecule has 1 aliphatic heterocycles. The van der Waals surface area contributed by atoms with Crippen LogP contribution in [0.1, 0.15) is 60.8 Å². The lowest BCUT2D eigenvalue weighted by atomic mass is 9.42. The van der Waals surface area contributed by atoms with Gasteiger partial charge in [0, 0.05) is 30.3 Å². The minimum absolute atomic E-state index is 0.0371. The Kier molecular flexibility index (Phi) is 3.96. The molecular weight excluding hydrogens is 346 g/mol. The van der Waals surface area contributed by atoms with Gasteiger partial charge in [-0.3, -0.25) is 4.79 Å². The maximum absolute atomic E-state index is 13.2. The topological polar surface area (TPSA) is 38.3 Å². The van der Waals surface area contributed by atoms with Crippen LogP contribution >= 0.6 is 0 Å². The summed E-state index contributed by atoms with van der Waals surface area (Å²) >= 11 is 0. The highest BCUT2D eigenvalue weighted by Gasteiger charge is 2.69. The molecule has 3 nitrogen and oxygen atoms in total. The number of carbonyl (C=O) groups excluding carboxylic acids is 1. The van der Waals surface area contributed by atoms with Gasteiger partial charge in [0.25, 0.3) is 0 Å². The summed E-state index contributed by atoms with van der Waals surface area (Å²) in [5.41, 5.74) is 4.91. The maximum Gasteiger partial charge on any atom is 0.314 e. The Labute approximate surface area is 167 Å². The molecule has 146 valence electrons. The smallest absolute Gasteiger partial charge is 0.314 e. The lowest BCUT2D eigenvalue weighted by Crippen LogP contribution is -2.60. The van der Waals surface area contributed by atoms with Crippen molar-refractivity contribution in [3.63, 3.8) is 0 Å². The molecule has 3 aliphatic carbocycles. The van der Waals surface area contributed by atoms with E-state index in [-0.39, 0.29) is 23.2 Å². The third kappa shape index (κ3) is 2.06. The van der Waals surface area contributed by atoms with E-state index in [1.165, 1.54) is 22.3 Å². The quantitative estimate of drug-likeness (QED) is 0.810. The average Bonchev–Trinajstić information content (AvgIpc) is 3.21. The second kappa shape index (κ2) is 6.18. The molecular formula is C25H29NO2. The van der Waals surface area contributed by atoms with Crippen molar-refractivity contribution in [1.29, 1.82) is 0 Å². The van der Waals surface area contributed by atoms with Gasteiger partial charge in [-0.2, -0.15) is 0 Å². The number of ether oxygens (including phenoxy) is 1. The summed E-state index contributed by atoms with van der Waals surface area (Å²) in [5.74, 6) is 0.951. The van der Waals surface area contributed by atoms with Crippen LogP contribution in [0.4, 0.5) is 0 Å². The number of hydrogen-bond donors (Lipinski definition) is 1. The van der Waals surface area contributed by atoms with Crippen LogP contribution < -0.4 is 5.32 Å². The first-order chi connectivity index (χ1) is 13.6. The summed E-state index contributed by atoms with van der Waals surface area (Å²) in [6, 6.07) is 18.0. The molecule has 3 heteroatoms. The number of methoxy groups -OCH3 is 1. The summed E-state index contributed by atoms with van der Waals surface area (Å²) < 4.78 is 5.41. The highest BCUT2D eigenvalue weighted by molar-refractivity contribution is 5.82. The molecule has 4 unspecified atom stereocenters. The van der Waals surface area contributed by atoms with Crippen LogP contribution in [-0.4, -0.2) is 26.2 Å². The standard InChI is InChI=1S/C25H29NO2/c1-16(2)17-8-10-18(11-9-17)24-13-12-21(19-6-4-5-7-20(19)24)25(23(27)28-3)15-26-14-22(24)25/h4-11,16,21-22,26H,12-15H2,1-3H3. The van der Waals surface area contributed by atoms with Gasteiger partial charge < -0.3 is 10.1 Å². The molecule has 0 radical (unpaired) electrons. The highest BCUT2D eigenvalue weighted by atomic mass is 16.5. The molecule has 28 heavy (non-hydrogen) atoms. The fourth-order valence-electron chi connectivity index (χ4n) is 6.69. The van der Waals surface area contributed by atoms with Gasteiger partial charge in [0.1, 0.15) is 0 Å². The molecule has 0 spiro atoms. The summed E-state index contributed by atoms with van der Waals surface area (Å²) in [6.45, 7) is 6.05. The number of fused-ring (bicyclic) bond motifs is 1. The Hall–Kier alpha value is -2.13. The molecule has 0 aromatic heterocycles. The number of rotatable bonds is 3. The van der Waals surface area contributed by atoms with Crippen molar-refractivity contribution < 1.29 is 9.53 Å². The first-order valence-electron chi connectivity index (χ1n) is 10.5. The van der Waals surface area contributed by atoms with Crippen molar-refractivity contribution in [3.8, 4) is 0 Å². The van der Waals surface area contributed by atoms with Crippen molar-refractivity contribution in [3.05, 3.63) is 70.8 Å². The van der Waals surface area contributed by atoms with E-state index in [9.17, 15) is 4.79 Å². The van der Waals surface area contributed by atoms with E-state index in [1.807, 2.05) is 0 Å². The van der Waals surface area contributed by atoms with Crippen molar-refractivity contribution >= 4 is 5.97 Å². The van der Waals surface area contributed by atoms with Gasteiger partial charge in [0.2, 0.25) is 0 Å². The van der Waals surface area contributed by atoms with Crippen LogP contribution in [-0.2, 0) is 14.9 Å². The normalized spacial score (nSPS) is 32.9. The number of carbonyl (C=O) groups is 1. The lowest BCUT2D eigenvalue weighted by Gasteiger charge is -2.59. The number of hydrogen-bond acceptors (Lipinski definition) is 3. The van der Waals surface area contributed by atoms with Crippen molar-refractivity contribution in [2.75, 3.05) is 20.2 Å². The molecule has 2 bridgehead atoms. The zero-order valence-electron chi connectivity index (χ0n) is 17.0. The van der Waals surface area contributed by atoms with E-state index in [4.69, 9.17) is 4.74 Å². The summed E-state index contributed by atoms with van der Waals surface area (Å²) in [6.07, 6.45) is 2.14. The van der Waals surface area contributed by atoms with Crippen molar-refractivity contribution in [2.45, 2.75) is 43.9 Å². The second-order valence-corrected chi connectivity index (χ2v) is 9.14. The monoisotopic (exact) mass is 375 g/mol. The van der Waals surface area contributed by atoms with E-state index in [0.29, 0.717) is 5.92 Å². The second-order valence-electron chi connectivity index (χ2n) is 9.14. The molecule has 4 atom stereocenters. The van der Waals surface area contributed by atoms with Gasteiger partial charge in [-0.05, 0) is 41.0 Å². The Bertz CT molecular complexity index is 918. The molecule has 4 aliphatic rings. The van der Waals surface area contributed by atoms with Gasteiger partial charge in [0.05, 0.1) is 12.5 Å². The Balaban J connectivity index is 1.77. The first-order valence-corrected chi connectivity index (χ1v) is 10.5. The predicted molar refractivity (Wildman–Crippen MR) is 111 cm³/mol. The molecule has 0 amide bonds. The fraction of sp³-hybridized carbons (Fsp3) is 0.480. The highest BCUT2D eigenvalue weighted by Crippen LogP contribution is 2.67. The average molecular weight is 376 g/mol. The maximum atomic E-state index is 13.2. The van der Waals surface area contributed by atoms with Crippen molar-refractivity contribution in [2.24, 2.45) is 11.3 Å². The van der Waals surface area contributed by atoms with Crippen LogP contribution in [0.3, 0.4) is 0 Å². The minimum atomic E-state index is -0.460. The first kappa shape index (κ1) is 17.9. The molecule has 1 saturated heterocycles. The Morgan fingerprint density at radius 3 is 2.61 bits per heavy atom. The summed E-state index contributed by atoms with van der Waals surface area (Å²) in [5, 5.41) is 3.58. The zero-order chi connectivity index (χ0) is 19.5. The molecule has 1 heterocycles. The third-order valence-corrected chi connectivity index (χ3v) is 7.91. The van der Waals surface area contributed by atoms with Crippen LogP contribution in [0.15, 0.2) is 48.5 Å². The van der Waals surface area contributed by atoms with Gasteiger partial charge in [-0.25, -0.2) is 0 Å². The summed E-state index contributed by atoms with van der Waals surface area (Å²) in [7, 11) is 1.55. The van der Waals surface area contributed by atoms with E-state index >= 15 is 0 Å². The zero-order valence-corrected chi connectivity index (χ0v) is 17.0. The molecule has 2 fully saturated rings. The van der Waals surface area contributed by atoms with Crippen molar-refractivity contribution in [1.82, 2.24) is 5.32 Å².